The number of sulfone groups is 1. The number of nitrogens with one attached hydrogen (secondary N) is 1. The van der Waals surface area contributed by atoms with Crippen molar-refractivity contribution < 1.29 is 13.2 Å². The molecular formula is C16H21N5O3S. The van der Waals surface area contributed by atoms with Gasteiger partial charge in [-0.1, -0.05) is 0 Å². The van der Waals surface area contributed by atoms with Crippen LogP contribution < -0.4 is 5.32 Å². The lowest BCUT2D eigenvalue weighted by Crippen LogP contribution is -2.26. The van der Waals surface area contributed by atoms with E-state index in [1.54, 1.807) is 9.36 Å². The third kappa shape index (κ3) is 2.66. The highest BCUT2D eigenvalue weighted by Gasteiger charge is 2.38. The molecule has 0 bridgehead atoms. The Balaban J connectivity index is 1.82. The zero-order valence-electron chi connectivity index (χ0n) is 14.5. The number of carbonyl (C=O) groups is 1. The number of anilines is 1. The fraction of sp³-hybridized carbons (Fsp3) is 0.562. The number of amides is 1. The monoisotopic (exact) mass is 363 g/mol. The number of aromatic nitrogens is 4. The highest BCUT2D eigenvalue weighted by molar-refractivity contribution is 7.91. The van der Waals surface area contributed by atoms with E-state index in [1.165, 1.54) is 0 Å². The van der Waals surface area contributed by atoms with Crippen molar-refractivity contribution >= 4 is 21.6 Å². The minimum Gasteiger partial charge on any atom is -0.311 e. The maximum Gasteiger partial charge on any atom is 0.226 e. The van der Waals surface area contributed by atoms with Crippen molar-refractivity contribution in [2.24, 2.45) is 7.05 Å². The van der Waals surface area contributed by atoms with Gasteiger partial charge in [-0.05, 0) is 20.3 Å². The summed E-state index contributed by atoms with van der Waals surface area (Å²) >= 11 is 0. The first-order valence-electron chi connectivity index (χ1n) is 8.34. The quantitative estimate of drug-likeness (QED) is 0.860. The van der Waals surface area contributed by atoms with E-state index < -0.39 is 9.84 Å². The van der Waals surface area contributed by atoms with Crippen LogP contribution in [0.25, 0.3) is 0 Å². The maximum atomic E-state index is 12.3. The molecule has 2 aliphatic heterocycles. The summed E-state index contributed by atoms with van der Waals surface area (Å²) in [4.78, 5) is 12.3. The molecular weight excluding hydrogens is 342 g/mol. The topological polar surface area (TPSA) is 98.9 Å². The molecule has 8 nitrogen and oxygen atoms in total. The molecule has 4 heterocycles. The first-order chi connectivity index (χ1) is 11.7. The fourth-order valence-corrected chi connectivity index (χ4v) is 5.72. The number of fused-ring (bicyclic) bond motifs is 1. The molecule has 1 amide bonds. The second kappa shape index (κ2) is 5.42. The van der Waals surface area contributed by atoms with E-state index in [4.69, 9.17) is 0 Å². The van der Waals surface area contributed by atoms with Crippen molar-refractivity contribution in [2.45, 2.75) is 38.6 Å². The minimum atomic E-state index is -3.03. The SMILES string of the molecule is Cc1nn(C)cc1[C@H]1CC(=O)Nc2c1c(C)nn2[C@H]1CCS(=O)(=O)C1. The second-order valence-electron chi connectivity index (χ2n) is 7.00. The van der Waals surface area contributed by atoms with E-state index in [1.807, 2.05) is 27.1 Å². The van der Waals surface area contributed by atoms with Crippen molar-refractivity contribution in [1.82, 2.24) is 19.6 Å². The summed E-state index contributed by atoms with van der Waals surface area (Å²) in [6.45, 7) is 3.85. The van der Waals surface area contributed by atoms with Gasteiger partial charge < -0.3 is 5.32 Å². The summed E-state index contributed by atoms with van der Waals surface area (Å²) in [6.07, 6.45) is 2.82. The number of nitrogens with zero attached hydrogens (tertiary/aromatic N) is 4. The molecule has 1 saturated heterocycles. The van der Waals surface area contributed by atoms with Gasteiger partial charge in [0, 0.05) is 36.7 Å². The Bertz CT molecular complexity index is 972. The summed E-state index contributed by atoms with van der Waals surface area (Å²) in [6, 6.07) is -0.221. The van der Waals surface area contributed by atoms with Gasteiger partial charge in [-0.2, -0.15) is 10.2 Å². The Morgan fingerprint density at radius 3 is 2.60 bits per heavy atom. The summed E-state index contributed by atoms with van der Waals surface area (Å²) in [5.74, 6) is 0.702. The van der Waals surface area contributed by atoms with E-state index in [2.05, 4.69) is 15.5 Å². The van der Waals surface area contributed by atoms with Crippen molar-refractivity contribution in [3.8, 4) is 0 Å². The van der Waals surface area contributed by atoms with Gasteiger partial charge in [-0.15, -0.1) is 0 Å². The summed E-state index contributed by atoms with van der Waals surface area (Å²) in [5.41, 5.74) is 3.71. The first-order valence-corrected chi connectivity index (χ1v) is 10.2. The lowest BCUT2D eigenvalue weighted by atomic mass is 9.86. The molecule has 1 N–H and O–H groups in total. The Morgan fingerprint density at radius 2 is 2.00 bits per heavy atom. The van der Waals surface area contributed by atoms with Crippen LogP contribution in [0.2, 0.25) is 0 Å². The number of aryl methyl sites for hydroxylation is 3. The molecule has 1 fully saturated rings. The zero-order valence-corrected chi connectivity index (χ0v) is 15.3. The summed E-state index contributed by atoms with van der Waals surface area (Å²) in [5, 5.41) is 11.9. The second-order valence-corrected chi connectivity index (χ2v) is 9.23. The normalized spacial score (nSPS) is 25.0. The molecule has 0 spiro atoms. The average molecular weight is 363 g/mol. The standard InChI is InChI=1S/C16H21N5O3S/c1-9-13(7-20(3)18-9)12-6-14(22)17-16-15(12)10(2)19-21(16)11-4-5-25(23,24)8-11/h7,11-12H,4-6,8H2,1-3H3,(H,17,22)/t11-,12+/m0/s1. The molecule has 0 saturated carbocycles. The molecule has 2 aromatic rings. The Morgan fingerprint density at radius 1 is 1.24 bits per heavy atom. The Hall–Kier alpha value is -2.16. The molecule has 25 heavy (non-hydrogen) atoms. The number of hydrogen-bond donors (Lipinski definition) is 1. The van der Waals surface area contributed by atoms with E-state index in [0.29, 0.717) is 18.7 Å². The van der Waals surface area contributed by atoms with Crippen molar-refractivity contribution in [3.63, 3.8) is 0 Å². The minimum absolute atomic E-state index is 0.0764. The molecule has 2 aliphatic rings. The van der Waals surface area contributed by atoms with E-state index >= 15 is 0 Å². The van der Waals surface area contributed by atoms with Crippen LogP contribution in [0, 0.1) is 13.8 Å². The third-order valence-electron chi connectivity index (χ3n) is 5.11. The van der Waals surface area contributed by atoms with Crippen LogP contribution in [0.15, 0.2) is 6.20 Å². The van der Waals surface area contributed by atoms with Gasteiger partial charge >= 0.3 is 0 Å². The maximum absolute atomic E-state index is 12.3. The van der Waals surface area contributed by atoms with Crippen molar-refractivity contribution in [3.05, 3.63) is 28.7 Å². The predicted molar refractivity (Wildman–Crippen MR) is 92.3 cm³/mol. The van der Waals surface area contributed by atoms with Crippen LogP contribution in [0.5, 0.6) is 0 Å². The van der Waals surface area contributed by atoms with Gasteiger partial charge in [-0.25, -0.2) is 13.1 Å². The third-order valence-corrected chi connectivity index (χ3v) is 6.86. The Kier molecular flexibility index (Phi) is 3.54. The summed E-state index contributed by atoms with van der Waals surface area (Å²) in [7, 11) is -1.17. The smallest absolute Gasteiger partial charge is 0.226 e. The number of carbonyl (C=O) groups excluding carboxylic acids is 1. The fourth-order valence-electron chi connectivity index (χ4n) is 4.03. The van der Waals surface area contributed by atoms with Crippen LogP contribution in [0.1, 0.15) is 47.3 Å². The van der Waals surface area contributed by atoms with Gasteiger partial charge in [0.2, 0.25) is 5.91 Å². The number of rotatable bonds is 2. The van der Waals surface area contributed by atoms with Gasteiger partial charge in [0.15, 0.2) is 9.84 Å². The zero-order chi connectivity index (χ0) is 17.9. The molecule has 4 rings (SSSR count). The van der Waals surface area contributed by atoms with Gasteiger partial charge in [0.25, 0.3) is 0 Å². The van der Waals surface area contributed by atoms with Gasteiger partial charge in [0.1, 0.15) is 5.82 Å². The van der Waals surface area contributed by atoms with Crippen LogP contribution >= 0.6 is 0 Å². The van der Waals surface area contributed by atoms with Crippen LogP contribution in [-0.2, 0) is 21.7 Å². The summed E-state index contributed by atoms with van der Waals surface area (Å²) < 4.78 is 27.2. The van der Waals surface area contributed by atoms with Crippen LogP contribution in [-0.4, -0.2) is 45.4 Å². The largest absolute Gasteiger partial charge is 0.311 e. The first kappa shape index (κ1) is 16.3. The highest BCUT2D eigenvalue weighted by atomic mass is 32.2. The lowest BCUT2D eigenvalue weighted by molar-refractivity contribution is -0.116. The Labute approximate surface area is 146 Å². The predicted octanol–water partition coefficient (Wildman–Crippen LogP) is 1.07. The number of hydrogen-bond acceptors (Lipinski definition) is 5. The van der Waals surface area contributed by atoms with E-state index in [0.717, 1.165) is 22.5 Å². The van der Waals surface area contributed by atoms with E-state index in [9.17, 15) is 13.2 Å². The average Bonchev–Trinajstić information content (AvgIpc) is 3.14. The van der Waals surface area contributed by atoms with Gasteiger partial charge in [-0.3, -0.25) is 9.48 Å². The molecule has 0 aromatic carbocycles. The molecule has 9 heteroatoms. The van der Waals surface area contributed by atoms with E-state index in [-0.39, 0.29) is 29.4 Å². The van der Waals surface area contributed by atoms with Crippen molar-refractivity contribution in [2.75, 3.05) is 16.8 Å². The molecule has 2 atom stereocenters. The van der Waals surface area contributed by atoms with Crippen LogP contribution in [0.3, 0.4) is 0 Å². The highest BCUT2D eigenvalue weighted by Crippen LogP contribution is 2.42. The lowest BCUT2D eigenvalue weighted by Gasteiger charge is -2.25. The van der Waals surface area contributed by atoms with Crippen LogP contribution in [0.4, 0.5) is 5.82 Å². The van der Waals surface area contributed by atoms with Gasteiger partial charge in [0.05, 0.1) is 28.9 Å². The molecule has 0 unspecified atom stereocenters. The van der Waals surface area contributed by atoms with Crippen molar-refractivity contribution in [1.29, 1.82) is 0 Å². The molecule has 2 aromatic heterocycles. The molecule has 0 aliphatic carbocycles. The molecule has 0 radical (unpaired) electrons. The molecule has 134 valence electrons.